The van der Waals surface area contributed by atoms with Gasteiger partial charge >= 0.3 is 11.9 Å². The number of methoxy groups -OCH3 is 2. The summed E-state index contributed by atoms with van der Waals surface area (Å²) < 4.78 is 9.51. The summed E-state index contributed by atoms with van der Waals surface area (Å²) in [6.07, 6.45) is 1.78. The third-order valence-electron chi connectivity index (χ3n) is 8.09. The van der Waals surface area contributed by atoms with Gasteiger partial charge in [-0.15, -0.1) is 24.0 Å². The number of nitrogens with one attached hydrogen (secondary N) is 1. The minimum Gasteiger partial charge on any atom is -0.465 e. The van der Waals surface area contributed by atoms with E-state index in [1.165, 1.54) is 19.8 Å². The second-order valence-corrected chi connectivity index (χ2v) is 12.4. The lowest BCUT2D eigenvalue weighted by atomic mass is 9.85. The van der Waals surface area contributed by atoms with Crippen LogP contribution >= 0.6 is 35.6 Å². The van der Waals surface area contributed by atoms with Crippen LogP contribution in [0, 0.1) is 18.3 Å². The molecule has 3 aromatic rings. The number of carbonyl (C=O) groups excluding carboxylic acids is 3. The van der Waals surface area contributed by atoms with Crippen molar-refractivity contribution < 1.29 is 23.9 Å². The first-order valence-electron chi connectivity index (χ1n) is 13.5. The third-order valence-corrected chi connectivity index (χ3v) is 8.42. The number of amides is 1. The van der Waals surface area contributed by atoms with Crippen LogP contribution in [-0.2, 0) is 22.3 Å². The molecule has 9 heteroatoms. The summed E-state index contributed by atoms with van der Waals surface area (Å²) in [6.45, 7) is 8.50. The number of nitrogens with two attached hydrogens (primary N) is 1. The molecule has 3 N–H and O–H groups in total. The van der Waals surface area contributed by atoms with Gasteiger partial charge in [0.1, 0.15) is 0 Å². The molecule has 2 aliphatic carbocycles. The maximum absolute atomic E-state index is 12.7. The molecule has 232 valence electrons. The standard InChI is InChI=1S/C20H20ClNO3.C13H17NO2.CH3.HI/c1-20(2)11-13-9-8-12(19(24)25-3)10-15(13)17(20)22-18(23)14-6-4-5-7-16(14)21;1-13(2)7-9-5-4-8(12(15)16-3)6-10(9)11(13)14;;/h4-10,17H,11H2,1-3H3,(H,22,23);4-6,11H,7,14H2,1-3H3;1H3;1H/q;;-1;. The maximum Gasteiger partial charge on any atom is 0.337 e. The van der Waals surface area contributed by atoms with Gasteiger partial charge in [-0.3, -0.25) is 4.79 Å². The van der Waals surface area contributed by atoms with E-state index < -0.39 is 0 Å². The molecule has 0 aromatic heterocycles. The Bertz CT molecular complexity index is 1500. The van der Waals surface area contributed by atoms with Gasteiger partial charge < -0.3 is 28.0 Å². The molecule has 1 amide bonds. The molecule has 2 unspecified atom stereocenters. The van der Waals surface area contributed by atoms with Crippen LogP contribution in [0.15, 0.2) is 60.7 Å². The Hall–Kier alpha value is -2.95. The number of rotatable bonds is 4. The monoisotopic (exact) mass is 719 g/mol. The first kappa shape index (κ1) is 36.2. The lowest BCUT2D eigenvalue weighted by Crippen LogP contribution is -2.35. The summed E-state index contributed by atoms with van der Waals surface area (Å²) in [5.41, 5.74) is 12.0. The Morgan fingerprint density at radius 3 is 1.84 bits per heavy atom. The third kappa shape index (κ3) is 7.59. The fraction of sp³-hybridized carbons (Fsp3) is 0.353. The van der Waals surface area contributed by atoms with Crippen LogP contribution in [0.3, 0.4) is 0 Å². The molecule has 7 nitrogen and oxygen atoms in total. The van der Waals surface area contributed by atoms with E-state index in [0.717, 1.165) is 29.5 Å². The van der Waals surface area contributed by atoms with Crippen molar-refractivity contribution in [2.75, 3.05) is 14.2 Å². The van der Waals surface area contributed by atoms with Crippen molar-refractivity contribution in [3.8, 4) is 0 Å². The lowest BCUT2D eigenvalue weighted by molar-refractivity contribution is 0.0591. The summed E-state index contributed by atoms with van der Waals surface area (Å²) in [7, 11) is 2.75. The van der Waals surface area contributed by atoms with Crippen molar-refractivity contribution in [1.29, 1.82) is 0 Å². The van der Waals surface area contributed by atoms with E-state index in [9.17, 15) is 14.4 Å². The van der Waals surface area contributed by atoms with Crippen LogP contribution in [0.1, 0.15) is 93.1 Å². The number of halogens is 2. The summed E-state index contributed by atoms with van der Waals surface area (Å²) >= 11 is 6.14. The maximum atomic E-state index is 12.7. The fourth-order valence-electron chi connectivity index (χ4n) is 5.72. The number of carbonyl (C=O) groups is 3. The first-order chi connectivity index (χ1) is 19.3. The van der Waals surface area contributed by atoms with Crippen molar-refractivity contribution >= 4 is 53.4 Å². The van der Waals surface area contributed by atoms with Gasteiger partial charge in [-0.1, -0.05) is 63.6 Å². The average molecular weight is 720 g/mol. The summed E-state index contributed by atoms with van der Waals surface area (Å²) in [4.78, 5) is 36.0. The van der Waals surface area contributed by atoms with Gasteiger partial charge in [0.05, 0.1) is 42.0 Å². The van der Waals surface area contributed by atoms with E-state index in [0.29, 0.717) is 21.7 Å². The SMILES string of the molecule is COC(=O)c1ccc2c(c1)C(N)C(C)(C)C2.COC(=O)c1ccc2c(c1)C(NC(=O)c1ccccc1Cl)C(C)(C)C2.I.[CH3-]. The largest absolute Gasteiger partial charge is 0.465 e. The number of ether oxygens (including phenoxy) is 2. The van der Waals surface area contributed by atoms with Gasteiger partial charge in [0, 0.05) is 6.04 Å². The van der Waals surface area contributed by atoms with E-state index in [1.54, 1.807) is 36.4 Å². The zero-order valence-electron chi connectivity index (χ0n) is 25.7. The Balaban J connectivity index is 0.000000312. The molecule has 43 heavy (non-hydrogen) atoms. The van der Waals surface area contributed by atoms with Crippen molar-refractivity contribution in [3.63, 3.8) is 0 Å². The second-order valence-electron chi connectivity index (χ2n) is 12.0. The van der Waals surface area contributed by atoms with Crippen LogP contribution < -0.4 is 11.1 Å². The highest BCUT2D eigenvalue weighted by molar-refractivity contribution is 14.0. The fourth-order valence-corrected chi connectivity index (χ4v) is 5.94. The predicted molar refractivity (Wildman–Crippen MR) is 181 cm³/mol. The van der Waals surface area contributed by atoms with E-state index in [2.05, 4.69) is 33.0 Å². The highest BCUT2D eigenvalue weighted by atomic mass is 127. The summed E-state index contributed by atoms with van der Waals surface area (Å²) in [5.74, 6) is -0.914. The van der Waals surface area contributed by atoms with Crippen molar-refractivity contribution in [1.82, 2.24) is 5.32 Å². The molecule has 2 atom stereocenters. The van der Waals surface area contributed by atoms with Crippen molar-refractivity contribution in [3.05, 3.63) is 112 Å². The number of fused-ring (bicyclic) bond motifs is 2. The molecule has 3 aromatic carbocycles. The van der Waals surface area contributed by atoms with Crippen LogP contribution in [-0.4, -0.2) is 32.1 Å². The number of hydrogen-bond donors (Lipinski definition) is 2. The minimum absolute atomic E-state index is 0. The quantitative estimate of drug-likeness (QED) is 0.167. The number of benzene rings is 3. The zero-order valence-corrected chi connectivity index (χ0v) is 28.8. The second kappa shape index (κ2) is 14.2. The molecule has 0 bridgehead atoms. The molecule has 0 aliphatic heterocycles. The molecular formula is C34H41ClIN2O5-. The van der Waals surface area contributed by atoms with Crippen LogP contribution in [0.4, 0.5) is 0 Å². The van der Waals surface area contributed by atoms with Gasteiger partial charge in [0.15, 0.2) is 0 Å². The Kier molecular flexibility index (Phi) is 12.0. The Labute approximate surface area is 276 Å². The van der Waals surface area contributed by atoms with Crippen LogP contribution in [0.5, 0.6) is 0 Å². The molecule has 0 fully saturated rings. The normalized spacial score (nSPS) is 18.3. The molecule has 0 spiro atoms. The van der Waals surface area contributed by atoms with Gasteiger partial charge in [-0.05, 0) is 82.3 Å². The van der Waals surface area contributed by atoms with Gasteiger partial charge in [0.25, 0.3) is 5.91 Å². The average Bonchev–Trinajstić information content (AvgIpc) is 3.33. The van der Waals surface area contributed by atoms with Crippen LogP contribution in [0.2, 0.25) is 5.02 Å². The minimum atomic E-state index is -0.385. The molecule has 2 aliphatic rings. The van der Waals surface area contributed by atoms with E-state index in [1.807, 2.05) is 24.3 Å². The Morgan fingerprint density at radius 2 is 1.30 bits per heavy atom. The van der Waals surface area contributed by atoms with Crippen molar-refractivity contribution in [2.24, 2.45) is 16.6 Å². The molecule has 0 heterocycles. The molecule has 0 radical (unpaired) electrons. The number of hydrogen-bond acceptors (Lipinski definition) is 6. The molecule has 0 saturated carbocycles. The molecule has 0 saturated heterocycles. The highest BCUT2D eigenvalue weighted by Crippen LogP contribution is 2.46. The van der Waals surface area contributed by atoms with Crippen molar-refractivity contribution in [2.45, 2.75) is 52.6 Å². The van der Waals surface area contributed by atoms with E-state index in [4.69, 9.17) is 26.8 Å². The summed E-state index contributed by atoms with van der Waals surface area (Å²) in [5, 5.41) is 3.51. The molecular weight excluding hydrogens is 679 g/mol. The smallest absolute Gasteiger partial charge is 0.337 e. The van der Waals surface area contributed by atoms with E-state index >= 15 is 0 Å². The van der Waals surface area contributed by atoms with Crippen LogP contribution in [0.25, 0.3) is 0 Å². The topological polar surface area (TPSA) is 108 Å². The van der Waals surface area contributed by atoms with E-state index in [-0.39, 0.29) is 72.2 Å². The number of esters is 2. The van der Waals surface area contributed by atoms with Gasteiger partial charge in [0.2, 0.25) is 0 Å². The predicted octanol–water partition coefficient (Wildman–Crippen LogP) is 7.30. The van der Waals surface area contributed by atoms with Gasteiger partial charge in [-0.25, -0.2) is 9.59 Å². The molecule has 5 rings (SSSR count). The highest BCUT2D eigenvalue weighted by Gasteiger charge is 2.40. The first-order valence-corrected chi connectivity index (χ1v) is 13.9. The lowest BCUT2D eigenvalue weighted by Gasteiger charge is -2.28. The zero-order chi connectivity index (χ0) is 30.1. The Morgan fingerprint density at radius 1 is 0.814 bits per heavy atom. The van der Waals surface area contributed by atoms with Gasteiger partial charge in [-0.2, -0.15) is 0 Å². The summed E-state index contributed by atoms with van der Waals surface area (Å²) in [6, 6.07) is 17.9.